The predicted molar refractivity (Wildman–Crippen MR) is 71.7 cm³/mol. The highest BCUT2D eigenvalue weighted by Crippen LogP contribution is 2.08. The minimum atomic E-state index is 0.707. The molecule has 2 aromatic rings. The lowest BCUT2D eigenvalue weighted by molar-refractivity contribution is 0.375. The van der Waals surface area contributed by atoms with Crippen LogP contribution in [0.1, 0.15) is 30.6 Å². The summed E-state index contributed by atoms with van der Waals surface area (Å²) in [5.41, 5.74) is 2.38. The maximum Gasteiger partial charge on any atom is 0.228 e. The molecular formula is C14H19N3O. The van der Waals surface area contributed by atoms with Gasteiger partial charge in [-0.2, -0.15) is 4.98 Å². The summed E-state index contributed by atoms with van der Waals surface area (Å²) < 4.78 is 5.17. The van der Waals surface area contributed by atoms with Gasteiger partial charge in [-0.15, -0.1) is 0 Å². The number of benzene rings is 1. The predicted octanol–water partition coefficient (Wildman–Crippen LogP) is 2.99. The Balaban J connectivity index is 1.79. The second kappa shape index (κ2) is 6.19. The third-order valence-electron chi connectivity index (χ3n) is 2.70. The molecule has 0 spiro atoms. The van der Waals surface area contributed by atoms with Crippen molar-refractivity contribution < 1.29 is 4.52 Å². The molecule has 1 heterocycles. The van der Waals surface area contributed by atoms with Gasteiger partial charge in [0.15, 0.2) is 5.82 Å². The first kappa shape index (κ1) is 12.6. The Labute approximate surface area is 107 Å². The maximum atomic E-state index is 5.17. The second-order valence-corrected chi connectivity index (χ2v) is 4.40. The van der Waals surface area contributed by atoms with Crippen LogP contribution < -0.4 is 5.32 Å². The second-order valence-electron chi connectivity index (χ2n) is 4.40. The molecule has 0 atom stereocenters. The lowest BCUT2D eigenvalue weighted by atomic mass is 10.2. The first-order chi connectivity index (χ1) is 8.78. The average Bonchev–Trinajstić information content (AvgIpc) is 2.80. The van der Waals surface area contributed by atoms with Crippen molar-refractivity contribution in [1.29, 1.82) is 0 Å². The van der Waals surface area contributed by atoms with E-state index in [1.54, 1.807) is 0 Å². The normalized spacial score (nSPS) is 10.6. The van der Waals surface area contributed by atoms with Gasteiger partial charge in [-0.1, -0.05) is 29.8 Å². The fraction of sp³-hybridized carbons (Fsp3) is 0.429. The van der Waals surface area contributed by atoms with Crippen LogP contribution in [-0.4, -0.2) is 16.7 Å². The molecule has 0 radical (unpaired) electrons. The zero-order chi connectivity index (χ0) is 12.8. The molecular weight excluding hydrogens is 226 g/mol. The minimum Gasteiger partial charge on any atom is -0.385 e. The van der Waals surface area contributed by atoms with E-state index in [-0.39, 0.29) is 0 Å². The molecule has 0 fully saturated rings. The summed E-state index contributed by atoms with van der Waals surface area (Å²) in [6.07, 6.45) is 2.68. The van der Waals surface area contributed by atoms with Gasteiger partial charge in [-0.25, -0.2) is 0 Å². The van der Waals surface area contributed by atoms with Crippen LogP contribution in [0.25, 0.3) is 0 Å². The van der Waals surface area contributed by atoms with Gasteiger partial charge in [-0.3, -0.25) is 0 Å². The number of aryl methyl sites for hydroxylation is 2. The van der Waals surface area contributed by atoms with Gasteiger partial charge in [0.25, 0.3) is 0 Å². The van der Waals surface area contributed by atoms with E-state index in [0.29, 0.717) is 5.89 Å². The molecule has 1 aromatic heterocycles. The van der Waals surface area contributed by atoms with Crippen LogP contribution >= 0.6 is 0 Å². The van der Waals surface area contributed by atoms with Gasteiger partial charge >= 0.3 is 0 Å². The minimum absolute atomic E-state index is 0.707. The van der Waals surface area contributed by atoms with E-state index in [4.69, 9.17) is 4.52 Å². The van der Waals surface area contributed by atoms with Gasteiger partial charge in [-0.05, 0) is 25.5 Å². The number of hydrogen-bond acceptors (Lipinski definition) is 4. The summed E-state index contributed by atoms with van der Waals surface area (Å²) in [6, 6.07) is 8.33. The summed E-state index contributed by atoms with van der Waals surface area (Å²) >= 11 is 0. The molecule has 0 saturated carbocycles. The monoisotopic (exact) mass is 245 g/mol. The van der Waals surface area contributed by atoms with E-state index in [9.17, 15) is 0 Å². The van der Waals surface area contributed by atoms with Crippen LogP contribution in [0.15, 0.2) is 28.8 Å². The molecule has 0 amide bonds. The maximum absolute atomic E-state index is 5.17. The van der Waals surface area contributed by atoms with Crippen LogP contribution in [-0.2, 0) is 12.8 Å². The number of hydrogen-bond donors (Lipinski definition) is 1. The highest BCUT2D eigenvalue weighted by molar-refractivity contribution is 5.44. The fourth-order valence-electron chi connectivity index (χ4n) is 1.70. The Hall–Kier alpha value is -1.84. The molecule has 0 bridgehead atoms. The van der Waals surface area contributed by atoms with Gasteiger partial charge in [0.1, 0.15) is 0 Å². The van der Waals surface area contributed by atoms with E-state index >= 15 is 0 Å². The first-order valence-corrected chi connectivity index (χ1v) is 6.40. The molecule has 0 aliphatic heterocycles. The van der Waals surface area contributed by atoms with Crippen molar-refractivity contribution in [1.82, 2.24) is 10.1 Å². The largest absolute Gasteiger partial charge is 0.385 e. The molecule has 0 aliphatic rings. The van der Waals surface area contributed by atoms with Crippen LogP contribution in [0.5, 0.6) is 0 Å². The van der Waals surface area contributed by atoms with Crippen molar-refractivity contribution in [2.24, 2.45) is 0 Å². The van der Waals surface area contributed by atoms with Crippen molar-refractivity contribution in [3.8, 4) is 0 Å². The highest BCUT2D eigenvalue weighted by atomic mass is 16.5. The molecule has 4 nitrogen and oxygen atoms in total. The number of anilines is 1. The lowest BCUT2D eigenvalue weighted by Gasteiger charge is -2.04. The SMILES string of the molecule is CCCc1noc(CCNc2ccc(C)cc2)n1. The van der Waals surface area contributed by atoms with Crippen molar-refractivity contribution in [2.45, 2.75) is 33.1 Å². The molecule has 2 rings (SSSR count). The van der Waals surface area contributed by atoms with Crippen molar-refractivity contribution in [3.05, 3.63) is 41.5 Å². The quantitative estimate of drug-likeness (QED) is 0.850. The van der Waals surface area contributed by atoms with Gasteiger partial charge < -0.3 is 9.84 Å². The molecule has 4 heteroatoms. The molecule has 0 saturated heterocycles. The van der Waals surface area contributed by atoms with Gasteiger partial charge in [0, 0.05) is 25.1 Å². The number of rotatable bonds is 6. The number of nitrogens with one attached hydrogen (secondary N) is 1. The van der Waals surface area contributed by atoms with E-state index in [0.717, 1.165) is 37.3 Å². The van der Waals surface area contributed by atoms with Gasteiger partial charge in [0.05, 0.1) is 0 Å². The first-order valence-electron chi connectivity index (χ1n) is 6.40. The number of aromatic nitrogens is 2. The Kier molecular flexibility index (Phi) is 4.34. The zero-order valence-electron chi connectivity index (χ0n) is 10.9. The Morgan fingerprint density at radius 2 is 1.94 bits per heavy atom. The van der Waals surface area contributed by atoms with Crippen LogP contribution in [0.3, 0.4) is 0 Å². The zero-order valence-corrected chi connectivity index (χ0v) is 10.9. The number of nitrogens with zero attached hydrogens (tertiary/aromatic N) is 2. The summed E-state index contributed by atoms with van der Waals surface area (Å²) in [5.74, 6) is 1.51. The molecule has 18 heavy (non-hydrogen) atoms. The molecule has 1 N–H and O–H groups in total. The molecule has 0 aliphatic carbocycles. The third-order valence-corrected chi connectivity index (χ3v) is 2.70. The van der Waals surface area contributed by atoms with E-state index < -0.39 is 0 Å². The smallest absolute Gasteiger partial charge is 0.228 e. The summed E-state index contributed by atoms with van der Waals surface area (Å²) in [5, 5.41) is 7.26. The third kappa shape index (κ3) is 3.58. The van der Waals surface area contributed by atoms with Crippen LogP contribution in [0.4, 0.5) is 5.69 Å². The summed E-state index contributed by atoms with van der Waals surface area (Å²) in [7, 11) is 0. The van der Waals surface area contributed by atoms with Crippen molar-refractivity contribution in [2.75, 3.05) is 11.9 Å². The average molecular weight is 245 g/mol. The lowest BCUT2D eigenvalue weighted by Crippen LogP contribution is -2.05. The Morgan fingerprint density at radius 3 is 2.67 bits per heavy atom. The van der Waals surface area contributed by atoms with E-state index in [1.165, 1.54) is 5.56 Å². The van der Waals surface area contributed by atoms with Gasteiger partial charge in [0.2, 0.25) is 5.89 Å². The van der Waals surface area contributed by atoms with Crippen molar-refractivity contribution in [3.63, 3.8) is 0 Å². The van der Waals surface area contributed by atoms with E-state index in [1.807, 2.05) is 0 Å². The Bertz CT molecular complexity index is 476. The van der Waals surface area contributed by atoms with Crippen LogP contribution in [0, 0.1) is 6.92 Å². The van der Waals surface area contributed by atoms with E-state index in [2.05, 4.69) is 53.6 Å². The topological polar surface area (TPSA) is 51.0 Å². The molecule has 1 aromatic carbocycles. The standard InChI is InChI=1S/C14H19N3O/c1-3-4-13-16-14(18-17-13)9-10-15-12-7-5-11(2)6-8-12/h5-8,15H,3-4,9-10H2,1-2H3. The molecule has 96 valence electrons. The highest BCUT2D eigenvalue weighted by Gasteiger charge is 2.04. The fourth-order valence-corrected chi connectivity index (χ4v) is 1.70. The molecule has 0 unspecified atom stereocenters. The van der Waals surface area contributed by atoms with Crippen molar-refractivity contribution >= 4 is 5.69 Å². The summed E-state index contributed by atoms with van der Waals surface area (Å²) in [4.78, 5) is 4.33. The Morgan fingerprint density at radius 1 is 1.17 bits per heavy atom. The van der Waals surface area contributed by atoms with Crippen LogP contribution in [0.2, 0.25) is 0 Å². The summed E-state index contributed by atoms with van der Waals surface area (Å²) in [6.45, 7) is 4.99.